The van der Waals surface area contributed by atoms with Gasteiger partial charge in [-0.3, -0.25) is 4.79 Å². The minimum Gasteiger partial charge on any atom is -0.368 e. The third-order valence-corrected chi connectivity index (χ3v) is 4.35. The van der Waals surface area contributed by atoms with Crippen LogP contribution in [0.5, 0.6) is 0 Å². The number of rotatable bonds is 6. The van der Waals surface area contributed by atoms with Crippen LogP contribution >= 0.6 is 0 Å². The van der Waals surface area contributed by atoms with Crippen LogP contribution in [0.1, 0.15) is 19.4 Å². The molecule has 0 radical (unpaired) electrons. The molecule has 0 aliphatic heterocycles. The highest BCUT2D eigenvalue weighted by Crippen LogP contribution is 2.19. The molecule has 20 heavy (non-hydrogen) atoms. The first-order valence-electron chi connectivity index (χ1n) is 5.99. The fraction of sp³-hybridized carbons (Fsp3) is 0.417. The summed E-state index contributed by atoms with van der Waals surface area (Å²) in [6.07, 6.45) is 0. The van der Waals surface area contributed by atoms with Gasteiger partial charge in [-0.15, -0.1) is 0 Å². The first-order chi connectivity index (χ1) is 9.20. The summed E-state index contributed by atoms with van der Waals surface area (Å²) in [5.41, 5.74) is 10.4. The van der Waals surface area contributed by atoms with Gasteiger partial charge in [0.2, 0.25) is 15.9 Å². The molecular formula is C12H18FN3O3S. The van der Waals surface area contributed by atoms with Crippen LogP contribution in [0.15, 0.2) is 23.1 Å². The summed E-state index contributed by atoms with van der Waals surface area (Å²) in [5, 5.41) is 0. The highest BCUT2D eigenvalue weighted by Gasteiger charge is 2.28. The summed E-state index contributed by atoms with van der Waals surface area (Å²) in [5.74, 6) is -1.85. The lowest BCUT2D eigenvalue weighted by Gasteiger charge is -2.20. The number of nitrogens with two attached hydrogens (primary N) is 2. The number of sulfonamides is 1. The van der Waals surface area contributed by atoms with E-state index in [1.807, 2.05) is 0 Å². The number of nitrogens with one attached hydrogen (secondary N) is 1. The zero-order valence-corrected chi connectivity index (χ0v) is 12.1. The minimum absolute atomic E-state index is 0.132. The van der Waals surface area contributed by atoms with Crippen molar-refractivity contribution in [3.63, 3.8) is 0 Å². The zero-order valence-electron chi connectivity index (χ0n) is 11.3. The maximum Gasteiger partial charge on any atom is 0.241 e. The van der Waals surface area contributed by atoms with Gasteiger partial charge in [-0.1, -0.05) is 19.9 Å². The van der Waals surface area contributed by atoms with E-state index in [0.29, 0.717) is 0 Å². The fourth-order valence-corrected chi connectivity index (χ4v) is 3.35. The van der Waals surface area contributed by atoms with Crippen molar-refractivity contribution in [2.75, 3.05) is 0 Å². The lowest BCUT2D eigenvalue weighted by molar-refractivity contribution is -0.120. The largest absolute Gasteiger partial charge is 0.368 e. The van der Waals surface area contributed by atoms with Crippen molar-refractivity contribution in [1.29, 1.82) is 0 Å². The van der Waals surface area contributed by atoms with Gasteiger partial charge in [-0.2, -0.15) is 4.72 Å². The van der Waals surface area contributed by atoms with Crippen molar-refractivity contribution < 1.29 is 17.6 Å². The molecular weight excluding hydrogens is 285 g/mol. The molecule has 5 N–H and O–H groups in total. The normalized spacial score (nSPS) is 13.4. The average Bonchev–Trinajstić information content (AvgIpc) is 2.35. The van der Waals surface area contributed by atoms with Crippen LogP contribution in [-0.2, 0) is 21.4 Å². The van der Waals surface area contributed by atoms with Crippen LogP contribution in [0.4, 0.5) is 4.39 Å². The van der Waals surface area contributed by atoms with E-state index in [2.05, 4.69) is 4.72 Å². The smallest absolute Gasteiger partial charge is 0.241 e. The first-order valence-corrected chi connectivity index (χ1v) is 7.48. The lowest BCUT2D eigenvalue weighted by Crippen LogP contribution is -2.47. The summed E-state index contributed by atoms with van der Waals surface area (Å²) in [4.78, 5) is 11.0. The molecule has 6 nitrogen and oxygen atoms in total. The van der Waals surface area contributed by atoms with E-state index < -0.39 is 27.8 Å². The number of amides is 1. The van der Waals surface area contributed by atoms with Crippen LogP contribution in [-0.4, -0.2) is 20.4 Å². The molecule has 0 heterocycles. The SMILES string of the molecule is CC(C)C(NS(=O)(=O)c1cccc(F)c1CN)C(N)=O. The Bertz CT molecular complexity index is 602. The van der Waals surface area contributed by atoms with Gasteiger partial charge < -0.3 is 11.5 Å². The zero-order chi connectivity index (χ0) is 15.5. The van der Waals surface area contributed by atoms with E-state index in [4.69, 9.17) is 11.5 Å². The van der Waals surface area contributed by atoms with Gasteiger partial charge in [-0.05, 0) is 18.1 Å². The summed E-state index contributed by atoms with van der Waals surface area (Å²) < 4.78 is 40.2. The van der Waals surface area contributed by atoms with E-state index >= 15 is 0 Å². The number of hydrogen-bond donors (Lipinski definition) is 3. The van der Waals surface area contributed by atoms with Gasteiger partial charge in [-0.25, -0.2) is 12.8 Å². The van der Waals surface area contributed by atoms with Crippen molar-refractivity contribution in [3.8, 4) is 0 Å². The van der Waals surface area contributed by atoms with Crippen LogP contribution < -0.4 is 16.2 Å². The Morgan fingerprint density at radius 1 is 1.40 bits per heavy atom. The number of carbonyl (C=O) groups excluding carboxylic acids is 1. The molecule has 0 bridgehead atoms. The molecule has 0 fully saturated rings. The molecule has 1 unspecified atom stereocenters. The monoisotopic (exact) mass is 303 g/mol. The van der Waals surface area contributed by atoms with Crippen molar-refractivity contribution in [3.05, 3.63) is 29.6 Å². The lowest BCUT2D eigenvalue weighted by atomic mass is 10.1. The number of hydrogen-bond acceptors (Lipinski definition) is 4. The summed E-state index contributed by atoms with van der Waals surface area (Å²) in [6, 6.07) is 2.53. The topological polar surface area (TPSA) is 115 Å². The van der Waals surface area contributed by atoms with Gasteiger partial charge >= 0.3 is 0 Å². The number of halogens is 1. The van der Waals surface area contributed by atoms with E-state index in [-0.39, 0.29) is 22.9 Å². The Kier molecular flexibility index (Phi) is 5.21. The molecule has 0 aromatic heterocycles. The molecule has 0 aliphatic rings. The quantitative estimate of drug-likeness (QED) is 0.689. The summed E-state index contributed by atoms with van der Waals surface area (Å²) >= 11 is 0. The maximum atomic E-state index is 13.6. The highest BCUT2D eigenvalue weighted by molar-refractivity contribution is 7.89. The van der Waals surface area contributed by atoms with Crippen LogP contribution in [0.25, 0.3) is 0 Å². The Balaban J connectivity index is 3.24. The van der Waals surface area contributed by atoms with Crippen molar-refractivity contribution in [2.24, 2.45) is 17.4 Å². The maximum absolute atomic E-state index is 13.6. The molecule has 0 aliphatic carbocycles. The number of carbonyl (C=O) groups is 1. The first kappa shape index (κ1) is 16.5. The van der Waals surface area contributed by atoms with E-state index in [0.717, 1.165) is 6.07 Å². The third kappa shape index (κ3) is 3.53. The van der Waals surface area contributed by atoms with Crippen molar-refractivity contribution >= 4 is 15.9 Å². The Morgan fingerprint density at radius 2 is 2.00 bits per heavy atom. The Morgan fingerprint density at radius 3 is 2.45 bits per heavy atom. The van der Waals surface area contributed by atoms with E-state index in [1.165, 1.54) is 12.1 Å². The second-order valence-corrected chi connectivity index (χ2v) is 6.35. The standard InChI is InChI=1S/C12H18FN3O3S/c1-7(2)11(12(15)17)16-20(18,19)10-5-3-4-9(13)8(10)6-14/h3-5,7,11,16H,6,14H2,1-2H3,(H2,15,17). The van der Waals surface area contributed by atoms with Crippen LogP contribution in [0.2, 0.25) is 0 Å². The van der Waals surface area contributed by atoms with Crippen molar-refractivity contribution in [1.82, 2.24) is 4.72 Å². The molecule has 8 heteroatoms. The van der Waals surface area contributed by atoms with Gasteiger partial charge in [0.15, 0.2) is 0 Å². The Labute approximate surface area is 117 Å². The van der Waals surface area contributed by atoms with Gasteiger partial charge in [0.1, 0.15) is 11.9 Å². The molecule has 1 rings (SSSR count). The molecule has 1 atom stereocenters. The van der Waals surface area contributed by atoms with E-state index in [1.54, 1.807) is 13.8 Å². The average molecular weight is 303 g/mol. The minimum atomic E-state index is -4.09. The molecule has 1 amide bonds. The number of benzene rings is 1. The summed E-state index contributed by atoms with van der Waals surface area (Å²) in [7, 11) is -4.09. The van der Waals surface area contributed by atoms with Gasteiger partial charge in [0.25, 0.3) is 0 Å². The second kappa shape index (κ2) is 6.29. The molecule has 112 valence electrons. The fourth-order valence-electron chi connectivity index (χ4n) is 1.74. The summed E-state index contributed by atoms with van der Waals surface area (Å²) in [6.45, 7) is 3.02. The van der Waals surface area contributed by atoms with Gasteiger partial charge in [0, 0.05) is 12.1 Å². The van der Waals surface area contributed by atoms with E-state index in [9.17, 15) is 17.6 Å². The second-order valence-electron chi connectivity index (χ2n) is 4.67. The predicted molar refractivity (Wildman–Crippen MR) is 72.4 cm³/mol. The molecule has 1 aromatic carbocycles. The molecule has 0 saturated carbocycles. The number of primary amides is 1. The van der Waals surface area contributed by atoms with Crippen LogP contribution in [0.3, 0.4) is 0 Å². The van der Waals surface area contributed by atoms with Crippen LogP contribution in [0, 0.1) is 11.7 Å². The van der Waals surface area contributed by atoms with Crippen molar-refractivity contribution in [2.45, 2.75) is 31.3 Å². The Hall–Kier alpha value is -1.51. The molecule has 1 aromatic rings. The molecule has 0 saturated heterocycles. The molecule has 0 spiro atoms. The third-order valence-electron chi connectivity index (χ3n) is 2.82. The predicted octanol–water partition coefficient (Wildman–Crippen LogP) is 0.0726. The van der Waals surface area contributed by atoms with Gasteiger partial charge in [0.05, 0.1) is 4.90 Å². The highest BCUT2D eigenvalue weighted by atomic mass is 32.2.